The molecule has 5 heterocycles. The number of anilines is 3. The molecule has 1 saturated heterocycles. The largest absolute Gasteiger partial charge is 0.388 e. The van der Waals surface area contributed by atoms with Gasteiger partial charge in [0.15, 0.2) is 5.82 Å². The van der Waals surface area contributed by atoms with Crippen LogP contribution in [0.15, 0.2) is 24.5 Å². The molecule has 1 aromatic carbocycles. The monoisotopic (exact) mass is 489 g/mol. The van der Waals surface area contributed by atoms with Gasteiger partial charge in [0.1, 0.15) is 0 Å². The molecule has 0 aliphatic carbocycles. The summed E-state index contributed by atoms with van der Waals surface area (Å²) in [4.78, 5) is 16.6. The predicted molar refractivity (Wildman–Crippen MR) is 140 cm³/mol. The van der Waals surface area contributed by atoms with Gasteiger partial charge in [-0.15, -0.1) is 0 Å². The first-order valence-corrected chi connectivity index (χ1v) is 13.0. The molecular weight excluding hydrogens is 454 g/mol. The number of fused-ring (bicyclic) bond motifs is 2. The Hall–Kier alpha value is -3.33. The quantitative estimate of drug-likeness (QED) is 0.600. The van der Waals surface area contributed by atoms with Gasteiger partial charge in [-0.25, -0.2) is 0 Å². The number of ether oxygens (including phenoxy) is 1. The van der Waals surface area contributed by atoms with Crippen LogP contribution in [-0.2, 0) is 29.5 Å². The van der Waals surface area contributed by atoms with Crippen molar-refractivity contribution in [1.82, 2.24) is 24.5 Å². The normalized spacial score (nSPS) is 21.4. The van der Waals surface area contributed by atoms with E-state index in [1.807, 2.05) is 29.9 Å². The van der Waals surface area contributed by atoms with Crippen molar-refractivity contribution in [1.29, 1.82) is 0 Å². The third kappa shape index (κ3) is 3.77. The van der Waals surface area contributed by atoms with Crippen molar-refractivity contribution < 1.29 is 9.53 Å². The second-order valence-corrected chi connectivity index (χ2v) is 10.4. The molecule has 9 nitrogen and oxygen atoms in total. The molecule has 2 atom stereocenters. The van der Waals surface area contributed by atoms with Crippen molar-refractivity contribution in [2.75, 3.05) is 43.6 Å². The standard InChI is InChI=1S/C27H35N7O2/c1-17-5-9-33(26-12-24(28-3)22(11-21(17)26)19-13-29-31(4)14-19)27-23-15-32(18(2)35)8-6-25(23)34(30-27)20-7-10-36-16-20/h11-14,17,20,28H,5-10,15-16H2,1-4H3/t17-,20-/m0/s1. The van der Waals surface area contributed by atoms with Crippen LogP contribution in [0.25, 0.3) is 11.1 Å². The smallest absolute Gasteiger partial charge is 0.219 e. The second-order valence-electron chi connectivity index (χ2n) is 10.4. The van der Waals surface area contributed by atoms with Gasteiger partial charge >= 0.3 is 0 Å². The van der Waals surface area contributed by atoms with E-state index in [-0.39, 0.29) is 11.9 Å². The summed E-state index contributed by atoms with van der Waals surface area (Å²) in [6.45, 7) is 7.71. The molecule has 1 amide bonds. The van der Waals surface area contributed by atoms with Crippen LogP contribution in [-0.4, -0.2) is 63.7 Å². The summed E-state index contributed by atoms with van der Waals surface area (Å²) in [6, 6.07) is 4.86. The minimum absolute atomic E-state index is 0.120. The van der Waals surface area contributed by atoms with Gasteiger partial charge in [0.25, 0.3) is 0 Å². The van der Waals surface area contributed by atoms with Gasteiger partial charge in [-0.05, 0) is 36.5 Å². The van der Waals surface area contributed by atoms with Crippen LogP contribution in [0.1, 0.15) is 55.5 Å². The lowest BCUT2D eigenvalue weighted by atomic mass is 9.88. The lowest BCUT2D eigenvalue weighted by molar-refractivity contribution is -0.129. The Balaban J connectivity index is 1.48. The number of rotatable bonds is 4. The van der Waals surface area contributed by atoms with E-state index in [0.717, 1.165) is 61.6 Å². The molecule has 9 heteroatoms. The van der Waals surface area contributed by atoms with Crippen molar-refractivity contribution >= 4 is 23.1 Å². The molecule has 3 aliphatic rings. The summed E-state index contributed by atoms with van der Waals surface area (Å²) in [7, 11) is 3.92. The number of amides is 1. The van der Waals surface area contributed by atoms with Crippen LogP contribution in [0.3, 0.4) is 0 Å². The number of nitrogens with one attached hydrogen (secondary N) is 1. The number of aromatic nitrogens is 4. The molecule has 0 radical (unpaired) electrons. The number of carbonyl (C=O) groups is 1. The molecule has 0 saturated carbocycles. The molecule has 2 aromatic heterocycles. The Labute approximate surface area is 212 Å². The highest BCUT2D eigenvalue weighted by Crippen LogP contribution is 2.46. The van der Waals surface area contributed by atoms with E-state index in [1.165, 1.54) is 22.5 Å². The molecule has 6 rings (SSSR count). The van der Waals surface area contributed by atoms with Crippen LogP contribution in [0, 0.1) is 0 Å². The van der Waals surface area contributed by atoms with E-state index >= 15 is 0 Å². The molecule has 1 N–H and O–H groups in total. The summed E-state index contributed by atoms with van der Waals surface area (Å²) in [5.74, 6) is 1.55. The fourth-order valence-corrected chi connectivity index (χ4v) is 5.99. The molecule has 0 unspecified atom stereocenters. The van der Waals surface area contributed by atoms with Crippen molar-refractivity contribution in [3.05, 3.63) is 41.3 Å². The summed E-state index contributed by atoms with van der Waals surface area (Å²) in [5, 5.41) is 13.1. The van der Waals surface area contributed by atoms with Gasteiger partial charge in [0.2, 0.25) is 5.91 Å². The van der Waals surface area contributed by atoms with E-state index in [1.54, 1.807) is 6.92 Å². The van der Waals surface area contributed by atoms with Crippen LogP contribution in [0.2, 0.25) is 0 Å². The topological polar surface area (TPSA) is 80.5 Å². The highest BCUT2D eigenvalue weighted by Gasteiger charge is 2.35. The van der Waals surface area contributed by atoms with E-state index < -0.39 is 0 Å². The van der Waals surface area contributed by atoms with Crippen molar-refractivity contribution in [2.24, 2.45) is 7.05 Å². The lowest BCUT2D eigenvalue weighted by Crippen LogP contribution is -2.36. The fourth-order valence-electron chi connectivity index (χ4n) is 5.99. The van der Waals surface area contributed by atoms with Gasteiger partial charge in [-0.2, -0.15) is 10.2 Å². The molecule has 0 spiro atoms. The molecule has 190 valence electrons. The SMILES string of the molecule is CNc1cc2c(cc1-c1cnn(C)c1)[C@@H](C)CCN2c1nn([C@H]2CCOC2)c2c1CN(C(C)=O)CC2. The molecule has 1 fully saturated rings. The van der Waals surface area contributed by atoms with Crippen LogP contribution in [0.4, 0.5) is 17.2 Å². The zero-order chi connectivity index (χ0) is 25.0. The maximum absolute atomic E-state index is 12.3. The van der Waals surface area contributed by atoms with E-state index in [4.69, 9.17) is 9.84 Å². The van der Waals surface area contributed by atoms with Crippen molar-refractivity contribution in [3.63, 3.8) is 0 Å². The van der Waals surface area contributed by atoms with Crippen molar-refractivity contribution in [2.45, 2.75) is 51.6 Å². The number of aryl methyl sites for hydroxylation is 1. The zero-order valence-electron chi connectivity index (χ0n) is 21.6. The van der Waals surface area contributed by atoms with E-state index in [0.29, 0.717) is 19.1 Å². The number of hydrogen-bond acceptors (Lipinski definition) is 6. The lowest BCUT2D eigenvalue weighted by Gasteiger charge is -2.35. The fraction of sp³-hybridized carbons (Fsp3) is 0.519. The average Bonchev–Trinajstić information content (AvgIpc) is 3.63. The Morgan fingerprint density at radius 3 is 2.78 bits per heavy atom. The Bertz CT molecular complexity index is 1300. The molecular formula is C27H35N7O2. The van der Waals surface area contributed by atoms with Crippen molar-refractivity contribution in [3.8, 4) is 11.1 Å². The summed E-state index contributed by atoms with van der Waals surface area (Å²) >= 11 is 0. The van der Waals surface area contributed by atoms with Crippen LogP contribution >= 0.6 is 0 Å². The Morgan fingerprint density at radius 1 is 1.22 bits per heavy atom. The minimum atomic E-state index is 0.120. The highest BCUT2D eigenvalue weighted by atomic mass is 16.5. The highest BCUT2D eigenvalue weighted by molar-refractivity contribution is 5.85. The van der Waals surface area contributed by atoms with Gasteiger partial charge < -0.3 is 19.9 Å². The maximum Gasteiger partial charge on any atom is 0.219 e. The summed E-state index contributed by atoms with van der Waals surface area (Å²) in [5.41, 5.74) is 8.31. The summed E-state index contributed by atoms with van der Waals surface area (Å²) in [6.07, 6.45) is 6.84. The minimum Gasteiger partial charge on any atom is -0.388 e. The molecule has 3 aromatic rings. The van der Waals surface area contributed by atoms with E-state index in [2.05, 4.69) is 45.3 Å². The number of nitrogens with zero attached hydrogens (tertiary/aromatic N) is 6. The molecule has 3 aliphatic heterocycles. The number of hydrogen-bond donors (Lipinski definition) is 1. The molecule has 0 bridgehead atoms. The Morgan fingerprint density at radius 2 is 2.08 bits per heavy atom. The third-order valence-electron chi connectivity index (χ3n) is 8.08. The van der Waals surface area contributed by atoms with Gasteiger partial charge in [0.05, 0.1) is 25.4 Å². The van der Waals surface area contributed by atoms with Gasteiger partial charge in [-0.3, -0.25) is 14.2 Å². The average molecular weight is 490 g/mol. The van der Waals surface area contributed by atoms with E-state index in [9.17, 15) is 4.79 Å². The first-order chi connectivity index (χ1) is 17.4. The first-order valence-electron chi connectivity index (χ1n) is 13.0. The third-order valence-corrected chi connectivity index (χ3v) is 8.08. The van der Waals surface area contributed by atoms with Crippen LogP contribution in [0.5, 0.6) is 0 Å². The van der Waals surface area contributed by atoms with Crippen LogP contribution < -0.4 is 10.2 Å². The molecule has 36 heavy (non-hydrogen) atoms. The van der Waals surface area contributed by atoms with Gasteiger partial charge in [-0.1, -0.05) is 6.92 Å². The second kappa shape index (κ2) is 8.96. The summed E-state index contributed by atoms with van der Waals surface area (Å²) < 4.78 is 9.78. The Kier molecular flexibility index (Phi) is 5.75. The maximum atomic E-state index is 12.3. The first kappa shape index (κ1) is 23.1. The zero-order valence-corrected chi connectivity index (χ0v) is 21.6. The number of benzene rings is 1. The predicted octanol–water partition coefficient (Wildman–Crippen LogP) is 3.84. The number of carbonyl (C=O) groups excluding carboxylic acids is 1. The van der Waals surface area contributed by atoms with Gasteiger partial charge in [0, 0.05) is 87.1 Å².